The molecule has 0 heterocycles. The molecule has 0 rings (SSSR count). The second kappa shape index (κ2) is 8.10. The lowest BCUT2D eigenvalue weighted by Crippen LogP contribution is -2.40. The molecule has 2 unspecified atom stereocenters. The van der Waals surface area contributed by atoms with Crippen molar-refractivity contribution in [1.29, 1.82) is 0 Å². The fourth-order valence-corrected chi connectivity index (χ4v) is 1.14. The SMILES string of the molecule is CCOCCCC(=O)NC(C)C(C)C(=O)O. The zero-order valence-corrected chi connectivity index (χ0v) is 10.2. The van der Waals surface area contributed by atoms with E-state index in [0.717, 1.165) is 0 Å². The summed E-state index contributed by atoms with van der Waals surface area (Å²) in [5.74, 6) is -1.60. The molecule has 0 saturated carbocycles. The van der Waals surface area contributed by atoms with Crippen LogP contribution in [0.15, 0.2) is 0 Å². The van der Waals surface area contributed by atoms with Gasteiger partial charge in [-0.25, -0.2) is 0 Å². The topological polar surface area (TPSA) is 75.6 Å². The minimum absolute atomic E-state index is 0.125. The summed E-state index contributed by atoms with van der Waals surface area (Å²) in [5.41, 5.74) is 0. The summed E-state index contributed by atoms with van der Waals surface area (Å²) >= 11 is 0. The van der Waals surface area contributed by atoms with Gasteiger partial charge in [-0.15, -0.1) is 0 Å². The van der Waals surface area contributed by atoms with E-state index in [1.54, 1.807) is 13.8 Å². The fourth-order valence-electron chi connectivity index (χ4n) is 1.14. The number of carboxylic acids is 1. The van der Waals surface area contributed by atoms with Crippen LogP contribution >= 0.6 is 0 Å². The molecule has 0 radical (unpaired) electrons. The Morgan fingerprint density at radius 3 is 2.50 bits per heavy atom. The van der Waals surface area contributed by atoms with Gasteiger partial charge in [-0.1, -0.05) is 0 Å². The largest absolute Gasteiger partial charge is 0.481 e. The molecule has 0 aromatic rings. The summed E-state index contributed by atoms with van der Waals surface area (Å²) in [4.78, 5) is 22.0. The number of hydrogen-bond acceptors (Lipinski definition) is 3. The molecule has 0 spiro atoms. The van der Waals surface area contributed by atoms with Crippen molar-refractivity contribution in [2.75, 3.05) is 13.2 Å². The van der Waals surface area contributed by atoms with Crippen molar-refractivity contribution in [1.82, 2.24) is 5.32 Å². The third kappa shape index (κ3) is 6.40. The first-order chi connectivity index (χ1) is 7.49. The number of ether oxygens (including phenoxy) is 1. The average Bonchev–Trinajstić information content (AvgIpc) is 2.23. The van der Waals surface area contributed by atoms with E-state index in [9.17, 15) is 9.59 Å². The monoisotopic (exact) mass is 231 g/mol. The number of amides is 1. The van der Waals surface area contributed by atoms with Crippen molar-refractivity contribution in [3.63, 3.8) is 0 Å². The molecular formula is C11H21NO4. The van der Waals surface area contributed by atoms with Gasteiger partial charge in [-0.05, 0) is 27.2 Å². The van der Waals surface area contributed by atoms with Crippen LogP contribution in [0.25, 0.3) is 0 Å². The highest BCUT2D eigenvalue weighted by Gasteiger charge is 2.20. The summed E-state index contributed by atoms with van der Waals surface area (Å²) in [6.45, 7) is 6.38. The van der Waals surface area contributed by atoms with Gasteiger partial charge in [0.2, 0.25) is 5.91 Å². The van der Waals surface area contributed by atoms with Gasteiger partial charge in [0.05, 0.1) is 5.92 Å². The van der Waals surface area contributed by atoms with E-state index >= 15 is 0 Å². The summed E-state index contributed by atoms with van der Waals surface area (Å²) in [6, 6.07) is -0.350. The molecule has 2 atom stereocenters. The first-order valence-corrected chi connectivity index (χ1v) is 5.59. The summed E-state index contributed by atoms with van der Waals surface area (Å²) in [5, 5.41) is 11.4. The molecule has 5 heteroatoms. The normalized spacial score (nSPS) is 14.2. The first-order valence-electron chi connectivity index (χ1n) is 5.59. The van der Waals surface area contributed by atoms with Crippen LogP contribution in [0.4, 0.5) is 0 Å². The van der Waals surface area contributed by atoms with E-state index in [2.05, 4.69) is 5.32 Å². The Balaban J connectivity index is 3.74. The number of carboxylic acid groups (broad SMARTS) is 1. The number of rotatable bonds is 8. The molecular weight excluding hydrogens is 210 g/mol. The lowest BCUT2D eigenvalue weighted by molar-refractivity contribution is -0.142. The van der Waals surface area contributed by atoms with Crippen LogP contribution in [-0.4, -0.2) is 36.2 Å². The molecule has 0 aromatic heterocycles. The number of carbonyl (C=O) groups excluding carboxylic acids is 1. The minimum Gasteiger partial charge on any atom is -0.481 e. The maximum absolute atomic E-state index is 11.4. The van der Waals surface area contributed by atoms with Crippen molar-refractivity contribution in [3.05, 3.63) is 0 Å². The van der Waals surface area contributed by atoms with Gasteiger partial charge >= 0.3 is 5.97 Å². The summed E-state index contributed by atoms with van der Waals surface area (Å²) < 4.78 is 5.10. The number of aliphatic carboxylic acids is 1. The van der Waals surface area contributed by atoms with Crippen molar-refractivity contribution >= 4 is 11.9 Å². The van der Waals surface area contributed by atoms with Gasteiger partial charge in [0.25, 0.3) is 0 Å². The highest BCUT2D eigenvalue weighted by atomic mass is 16.5. The number of nitrogens with one attached hydrogen (secondary N) is 1. The van der Waals surface area contributed by atoms with Crippen LogP contribution in [0, 0.1) is 5.92 Å². The van der Waals surface area contributed by atoms with E-state index in [0.29, 0.717) is 26.1 Å². The van der Waals surface area contributed by atoms with E-state index in [4.69, 9.17) is 9.84 Å². The van der Waals surface area contributed by atoms with Gasteiger partial charge in [0.1, 0.15) is 0 Å². The van der Waals surface area contributed by atoms with Gasteiger partial charge < -0.3 is 15.2 Å². The predicted molar refractivity (Wildman–Crippen MR) is 60.1 cm³/mol. The van der Waals surface area contributed by atoms with Crippen LogP contribution in [0.2, 0.25) is 0 Å². The molecule has 16 heavy (non-hydrogen) atoms. The zero-order chi connectivity index (χ0) is 12.6. The molecule has 0 aromatic carbocycles. The second-order valence-corrected chi connectivity index (χ2v) is 3.78. The van der Waals surface area contributed by atoms with Crippen molar-refractivity contribution < 1.29 is 19.4 Å². The maximum atomic E-state index is 11.4. The Hall–Kier alpha value is -1.10. The highest BCUT2D eigenvalue weighted by molar-refractivity contribution is 5.77. The Labute approximate surface area is 96.2 Å². The lowest BCUT2D eigenvalue weighted by Gasteiger charge is -2.17. The van der Waals surface area contributed by atoms with Crippen molar-refractivity contribution in [2.24, 2.45) is 5.92 Å². The molecule has 0 aliphatic heterocycles. The van der Waals surface area contributed by atoms with Crippen LogP contribution < -0.4 is 5.32 Å². The third-order valence-electron chi connectivity index (χ3n) is 2.42. The summed E-state index contributed by atoms with van der Waals surface area (Å²) in [7, 11) is 0. The Bertz CT molecular complexity index is 230. The lowest BCUT2D eigenvalue weighted by atomic mass is 10.0. The van der Waals surface area contributed by atoms with Gasteiger partial charge in [-0.2, -0.15) is 0 Å². The van der Waals surface area contributed by atoms with Crippen LogP contribution in [0.5, 0.6) is 0 Å². The Morgan fingerprint density at radius 2 is 2.00 bits per heavy atom. The van der Waals surface area contributed by atoms with E-state index in [1.165, 1.54) is 0 Å². The fraction of sp³-hybridized carbons (Fsp3) is 0.818. The van der Waals surface area contributed by atoms with E-state index in [-0.39, 0.29) is 11.9 Å². The average molecular weight is 231 g/mol. The van der Waals surface area contributed by atoms with Crippen LogP contribution in [-0.2, 0) is 14.3 Å². The van der Waals surface area contributed by atoms with Crippen molar-refractivity contribution in [3.8, 4) is 0 Å². The Morgan fingerprint density at radius 1 is 1.38 bits per heavy atom. The zero-order valence-electron chi connectivity index (χ0n) is 10.2. The first kappa shape index (κ1) is 14.9. The molecule has 2 N–H and O–H groups in total. The quantitative estimate of drug-likeness (QED) is 0.612. The predicted octanol–water partition coefficient (Wildman–Crippen LogP) is 1.03. The van der Waals surface area contributed by atoms with Gasteiger partial charge in [-0.3, -0.25) is 9.59 Å². The molecule has 0 aliphatic rings. The smallest absolute Gasteiger partial charge is 0.308 e. The molecule has 0 saturated heterocycles. The number of carbonyl (C=O) groups is 2. The summed E-state index contributed by atoms with van der Waals surface area (Å²) in [6.07, 6.45) is 1.03. The minimum atomic E-state index is -0.901. The van der Waals surface area contributed by atoms with Crippen LogP contribution in [0.3, 0.4) is 0 Å². The molecule has 0 bridgehead atoms. The molecule has 94 valence electrons. The third-order valence-corrected chi connectivity index (χ3v) is 2.42. The Kier molecular flexibility index (Phi) is 7.54. The maximum Gasteiger partial charge on any atom is 0.308 e. The van der Waals surface area contributed by atoms with Crippen molar-refractivity contribution in [2.45, 2.75) is 39.7 Å². The highest BCUT2D eigenvalue weighted by Crippen LogP contribution is 2.03. The van der Waals surface area contributed by atoms with E-state index in [1.807, 2.05) is 6.92 Å². The number of hydrogen-bond donors (Lipinski definition) is 2. The molecule has 1 amide bonds. The molecule has 0 aliphatic carbocycles. The van der Waals surface area contributed by atoms with Crippen LogP contribution in [0.1, 0.15) is 33.6 Å². The second-order valence-electron chi connectivity index (χ2n) is 3.78. The molecule has 0 fully saturated rings. The van der Waals surface area contributed by atoms with Gasteiger partial charge in [0.15, 0.2) is 0 Å². The standard InChI is InChI=1S/C11H21NO4/c1-4-16-7-5-6-10(13)12-9(3)8(2)11(14)15/h8-9H,4-7H2,1-3H3,(H,12,13)(H,14,15). The van der Waals surface area contributed by atoms with Gasteiger partial charge in [0, 0.05) is 25.7 Å². The molecule has 5 nitrogen and oxygen atoms in total. The van der Waals surface area contributed by atoms with E-state index < -0.39 is 11.9 Å².